The molecule has 14 heavy (non-hydrogen) atoms. The van der Waals surface area contributed by atoms with Gasteiger partial charge in [-0.05, 0) is 30.9 Å². The quantitative estimate of drug-likeness (QED) is 0.661. The molecule has 1 saturated carbocycles. The summed E-state index contributed by atoms with van der Waals surface area (Å²) in [6, 6.07) is 8.61. The monoisotopic (exact) mass is 187 g/mol. The van der Waals surface area contributed by atoms with Gasteiger partial charge in [0.05, 0.1) is 0 Å². The molecule has 2 saturated heterocycles. The second-order valence-corrected chi connectivity index (χ2v) is 4.32. The number of carbonyl (C=O) groups is 1. The number of nitrogens with zero attached hydrogens (tertiary/aromatic N) is 1. The number of anilines is 1. The van der Waals surface area contributed by atoms with E-state index >= 15 is 0 Å². The third kappa shape index (κ3) is 0.999. The van der Waals surface area contributed by atoms with Crippen LogP contribution in [-0.2, 0) is 0 Å². The van der Waals surface area contributed by atoms with Crippen molar-refractivity contribution in [1.82, 2.24) is 0 Å². The number of carbonyl (C=O) groups excluding carboxylic acids is 1. The number of hydrogen-bond acceptors (Lipinski definition) is 2. The van der Waals surface area contributed by atoms with E-state index in [0.29, 0.717) is 6.04 Å². The summed E-state index contributed by atoms with van der Waals surface area (Å²) in [6.07, 6.45) is 3.62. The summed E-state index contributed by atoms with van der Waals surface area (Å²) in [5.74, 6) is 0.889. The molecule has 0 radical (unpaired) electrons. The second-order valence-electron chi connectivity index (χ2n) is 4.32. The van der Waals surface area contributed by atoms with Gasteiger partial charge in [0.2, 0.25) is 0 Å². The van der Waals surface area contributed by atoms with Crippen LogP contribution in [-0.4, -0.2) is 18.9 Å². The normalized spacial score (nSPS) is 28.7. The minimum Gasteiger partial charge on any atom is -0.368 e. The zero-order valence-electron chi connectivity index (χ0n) is 8.02. The molecule has 0 N–H and O–H groups in total. The lowest BCUT2D eigenvalue weighted by atomic mass is 9.86. The lowest BCUT2D eigenvalue weighted by Crippen LogP contribution is -2.29. The van der Waals surface area contributed by atoms with Crippen LogP contribution in [0.3, 0.4) is 0 Å². The SMILES string of the molecule is O=Cc1ccccc1N1CC2CC1C2. The molecule has 0 spiro atoms. The van der Waals surface area contributed by atoms with Crippen LogP contribution in [0, 0.1) is 5.92 Å². The van der Waals surface area contributed by atoms with Crippen molar-refractivity contribution in [3.8, 4) is 0 Å². The molecule has 3 fully saturated rings. The van der Waals surface area contributed by atoms with Gasteiger partial charge >= 0.3 is 0 Å². The molecule has 2 aliphatic heterocycles. The Morgan fingerprint density at radius 2 is 2.07 bits per heavy atom. The first-order chi connectivity index (χ1) is 6.88. The van der Waals surface area contributed by atoms with Crippen molar-refractivity contribution in [2.75, 3.05) is 11.4 Å². The van der Waals surface area contributed by atoms with Crippen molar-refractivity contribution in [1.29, 1.82) is 0 Å². The van der Waals surface area contributed by atoms with Crippen molar-refractivity contribution >= 4 is 12.0 Å². The Morgan fingerprint density at radius 3 is 2.71 bits per heavy atom. The standard InChI is InChI=1S/C12H13NO/c14-8-10-3-1-2-4-12(10)13-7-9-5-11(13)6-9/h1-4,8-9,11H,5-7H2. The number of benzene rings is 1. The fourth-order valence-electron chi connectivity index (χ4n) is 2.68. The summed E-state index contributed by atoms with van der Waals surface area (Å²) >= 11 is 0. The van der Waals surface area contributed by atoms with Crippen LogP contribution in [0.2, 0.25) is 0 Å². The van der Waals surface area contributed by atoms with E-state index < -0.39 is 0 Å². The van der Waals surface area contributed by atoms with Crippen LogP contribution < -0.4 is 4.90 Å². The largest absolute Gasteiger partial charge is 0.368 e. The molecular formula is C12H13NO. The first kappa shape index (κ1) is 8.04. The summed E-state index contributed by atoms with van der Waals surface area (Å²) in [5.41, 5.74) is 1.97. The predicted molar refractivity (Wildman–Crippen MR) is 55.7 cm³/mol. The zero-order valence-corrected chi connectivity index (χ0v) is 8.02. The maximum Gasteiger partial charge on any atom is 0.152 e. The lowest BCUT2D eigenvalue weighted by molar-refractivity contribution is 0.112. The summed E-state index contributed by atoms with van der Waals surface area (Å²) in [5, 5.41) is 0. The Bertz CT molecular complexity index is 368. The molecule has 1 aliphatic carbocycles. The third-order valence-electron chi connectivity index (χ3n) is 3.48. The molecule has 1 aromatic rings. The van der Waals surface area contributed by atoms with Gasteiger partial charge in [-0.25, -0.2) is 0 Å². The van der Waals surface area contributed by atoms with Crippen molar-refractivity contribution in [3.63, 3.8) is 0 Å². The van der Waals surface area contributed by atoms with Crippen LogP contribution >= 0.6 is 0 Å². The summed E-state index contributed by atoms with van der Waals surface area (Å²) < 4.78 is 0. The minimum absolute atomic E-state index is 0.709. The highest BCUT2D eigenvalue weighted by Crippen LogP contribution is 2.43. The molecule has 2 heteroatoms. The maximum absolute atomic E-state index is 10.9. The van der Waals surface area contributed by atoms with Gasteiger partial charge in [-0.3, -0.25) is 4.79 Å². The van der Waals surface area contributed by atoms with Crippen molar-refractivity contribution in [2.24, 2.45) is 5.92 Å². The number of para-hydroxylation sites is 1. The highest BCUT2D eigenvalue weighted by atomic mass is 16.1. The third-order valence-corrected chi connectivity index (χ3v) is 3.48. The molecular weight excluding hydrogens is 174 g/mol. The van der Waals surface area contributed by atoms with Gasteiger partial charge in [0.15, 0.2) is 6.29 Å². The van der Waals surface area contributed by atoms with Gasteiger partial charge in [-0.15, -0.1) is 0 Å². The van der Waals surface area contributed by atoms with Crippen LogP contribution in [0.5, 0.6) is 0 Å². The van der Waals surface area contributed by atoms with E-state index in [-0.39, 0.29) is 0 Å². The zero-order chi connectivity index (χ0) is 9.54. The molecule has 0 atom stereocenters. The second kappa shape index (κ2) is 2.84. The van der Waals surface area contributed by atoms with Gasteiger partial charge in [-0.2, -0.15) is 0 Å². The van der Waals surface area contributed by atoms with Gasteiger partial charge in [0, 0.05) is 23.8 Å². The minimum atomic E-state index is 0.709. The van der Waals surface area contributed by atoms with E-state index in [1.165, 1.54) is 12.8 Å². The molecule has 72 valence electrons. The number of fused-ring (bicyclic) bond motifs is 1. The Kier molecular flexibility index (Phi) is 1.63. The molecule has 0 amide bonds. The van der Waals surface area contributed by atoms with Crippen molar-refractivity contribution < 1.29 is 4.79 Å². The number of rotatable bonds is 2. The average molecular weight is 187 g/mol. The van der Waals surface area contributed by atoms with E-state index in [9.17, 15) is 4.79 Å². The van der Waals surface area contributed by atoms with E-state index in [0.717, 1.165) is 30.0 Å². The fourth-order valence-corrected chi connectivity index (χ4v) is 2.68. The summed E-state index contributed by atoms with van der Waals surface area (Å²) in [6.45, 7) is 1.15. The molecule has 2 nitrogen and oxygen atoms in total. The van der Waals surface area contributed by atoms with Crippen molar-refractivity contribution in [2.45, 2.75) is 18.9 Å². The first-order valence-electron chi connectivity index (χ1n) is 5.19. The lowest BCUT2D eigenvalue weighted by Gasteiger charge is -2.28. The van der Waals surface area contributed by atoms with E-state index in [1.54, 1.807) is 0 Å². The number of hydrogen-bond donors (Lipinski definition) is 0. The number of aldehydes is 1. The highest BCUT2D eigenvalue weighted by Gasteiger charge is 2.43. The molecule has 1 aromatic carbocycles. The molecule has 4 rings (SSSR count). The molecule has 2 bridgehead atoms. The van der Waals surface area contributed by atoms with E-state index in [2.05, 4.69) is 11.0 Å². The fraction of sp³-hybridized carbons (Fsp3) is 0.417. The van der Waals surface area contributed by atoms with Gasteiger partial charge in [-0.1, -0.05) is 12.1 Å². The van der Waals surface area contributed by atoms with Gasteiger partial charge in [0.25, 0.3) is 0 Å². The van der Waals surface area contributed by atoms with Gasteiger partial charge < -0.3 is 4.90 Å². The van der Waals surface area contributed by atoms with Crippen LogP contribution in [0.1, 0.15) is 23.2 Å². The van der Waals surface area contributed by atoms with Crippen LogP contribution in [0.15, 0.2) is 24.3 Å². The van der Waals surface area contributed by atoms with E-state index in [4.69, 9.17) is 0 Å². The maximum atomic E-state index is 10.9. The topological polar surface area (TPSA) is 20.3 Å². The highest BCUT2D eigenvalue weighted by molar-refractivity contribution is 5.85. The summed E-state index contributed by atoms with van der Waals surface area (Å²) in [4.78, 5) is 13.3. The molecule has 0 aromatic heterocycles. The molecule has 3 aliphatic rings. The molecule has 2 heterocycles. The first-order valence-corrected chi connectivity index (χ1v) is 5.19. The average Bonchev–Trinajstić information content (AvgIpc) is 2.75. The Labute approximate surface area is 83.5 Å². The van der Waals surface area contributed by atoms with Crippen LogP contribution in [0.4, 0.5) is 5.69 Å². The van der Waals surface area contributed by atoms with Crippen LogP contribution in [0.25, 0.3) is 0 Å². The molecule has 0 unspecified atom stereocenters. The van der Waals surface area contributed by atoms with Crippen molar-refractivity contribution in [3.05, 3.63) is 29.8 Å². The van der Waals surface area contributed by atoms with E-state index in [1.807, 2.05) is 18.2 Å². The Morgan fingerprint density at radius 1 is 1.29 bits per heavy atom. The Hall–Kier alpha value is -1.31. The Balaban J connectivity index is 1.98. The summed E-state index contributed by atoms with van der Waals surface area (Å²) in [7, 11) is 0. The van der Waals surface area contributed by atoms with Gasteiger partial charge in [0.1, 0.15) is 0 Å². The predicted octanol–water partition coefficient (Wildman–Crippen LogP) is 2.10. The smallest absolute Gasteiger partial charge is 0.152 e.